The van der Waals surface area contributed by atoms with E-state index in [-0.39, 0.29) is 0 Å². The first-order valence-corrected chi connectivity index (χ1v) is 13.0. The van der Waals surface area contributed by atoms with E-state index in [1.165, 1.54) is 16.7 Å². The quantitative estimate of drug-likeness (QED) is 0.309. The van der Waals surface area contributed by atoms with Gasteiger partial charge >= 0.3 is 5.97 Å². The van der Waals surface area contributed by atoms with Gasteiger partial charge in [0.05, 0.1) is 23.4 Å². The molecule has 6 nitrogen and oxygen atoms in total. The van der Waals surface area contributed by atoms with Gasteiger partial charge in [0.15, 0.2) is 6.10 Å². The second-order valence-electron chi connectivity index (χ2n) is 11.1. The lowest BCUT2D eigenvalue weighted by Gasteiger charge is -2.29. The van der Waals surface area contributed by atoms with Crippen molar-refractivity contribution in [1.29, 1.82) is 0 Å². The molecule has 1 aliphatic rings. The van der Waals surface area contributed by atoms with Gasteiger partial charge in [0.25, 0.3) is 0 Å². The van der Waals surface area contributed by atoms with Crippen molar-refractivity contribution in [2.24, 2.45) is 0 Å². The molecule has 2 aromatic heterocycles. The maximum atomic E-state index is 12.7. The summed E-state index contributed by atoms with van der Waals surface area (Å²) in [4.78, 5) is 22.5. The van der Waals surface area contributed by atoms with Crippen LogP contribution in [-0.4, -0.2) is 33.3 Å². The third-order valence-corrected chi connectivity index (χ3v) is 7.25. The molecule has 3 heterocycles. The molecule has 0 fully saturated rings. The van der Waals surface area contributed by atoms with Gasteiger partial charge < -0.3 is 14.6 Å². The summed E-state index contributed by atoms with van der Waals surface area (Å²) >= 11 is 0. The van der Waals surface area contributed by atoms with Crippen molar-refractivity contribution in [2.45, 2.75) is 66.6 Å². The minimum Gasteiger partial charge on any atom is -0.493 e. The van der Waals surface area contributed by atoms with Crippen LogP contribution in [0.3, 0.4) is 0 Å². The van der Waals surface area contributed by atoms with Crippen molar-refractivity contribution in [3.05, 3.63) is 76.1 Å². The molecular formula is C32H34N2O4. The Hall–Kier alpha value is -3.77. The fourth-order valence-electron chi connectivity index (χ4n) is 5.34. The molecule has 0 saturated heterocycles. The Bertz CT molecular complexity index is 1570. The number of benzene rings is 2. The molecule has 0 amide bonds. The third-order valence-electron chi connectivity index (χ3n) is 7.25. The second kappa shape index (κ2) is 9.52. The zero-order valence-corrected chi connectivity index (χ0v) is 23.1. The molecule has 0 radical (unpaired) electrons. The van der Waals surface area contributed by atoms with E-state index in [0.29, 0.717) is 17.9 Å². The Labute approximate surface area is 223 Å². The first-order chi connectivity index (χ1) is 18.0. The van der Waals surface area contributed by atoms with Crippen molar-refractivity contribution < 1.29 is 19.4 Å². The number of aromatic nitrogens is 2. The molecule has 5 rings (SSSR count). The number of carboxylic acid groups (broad SMARTS) is 1. The molecule has 0 bridgehead atoms. The van der Waals surface area contributed by atoms with E-state index in [2.05, 4.69) is 32.0 Å². The number of aryl methyl sites for hydroxylation is 3. The third kappa shape index (κ3) is 4.54. The van der Waals surface area contributed by atoms with Gasteiger partial charge in [-0.05, 0) is 101 Å². The molecule has 0 unspecified atom stereocenters. The SMILES string of the molecule is Cc1ccc(-c2nc(C)c([C@H](OC(C)(C)C)C(=O)O)c(-c3ccc4c5c(ccnc35)CCO4)c2C)cc1C. The highest BCUT2D eigenvalue weighted by Crippen LogP contribution is 2.45. The summed E-state index contributed by atoms with van der Waals surface area (Å²) in [6.07, 6.45) is 1.42. The zero-order chi connectivity index (χ0) is 27.4. The zero-order valence-electron chi connectivity index (χ0n) is 23.1. The van der Waals surface area contributed by atoms with Crippen LogP contribution < -0.4 is 4.74 Å². The van der Waals surface area contributed by atoms with Crippen molar-refractivity contribution in [3.8, 4) is 28.1 Å². The van der Waals surface area contributed by atoms with Crippen LogP contribution in [0.5, 0.6) is 5.75 Å². The number of carboxylic acids is 1. The van der Waals surface area contributed by atoms with E-state index in [1.54, 1.807) is 0 Å². The minimum atomic E-state index is -1.20. The first kappa shape index (κ1) is 25.9. The van der Waals surface area contributed by atoms with Gasteiger partial charge in [-0.25, -0.2) is 4.79 Å². The highest BCUT2D eigenvalue weighted by Gasteiger charge is 2.34. The number of aliphatic carboxylic acids is 1. The lowest BCUT2D eigenvalue weighted by atomic mass is 9.86. The maximum Gasteiger partial charge on any atom is 0.337 e. The van der Waals surface area contributed by atoms with Crippen LogP contribution >= 0.6 is 0 Å². The summed E-state index contributed by atoms with van der Waals surface area (Å²) < 4.78 is 12.1. The first-order valence-electron chi connectivity index (χ1n) is 13.0. The van der Waals surface area contributed by atoms with Crippen LogP contribution in [0.15, 0.2) is 42.6 Å². The molecule has 4 aromatic rings. The van der Waals surface area contributed by atoms with Crippen molar-refractivity contribution >= 4 is 16.9 Å². The molecule has 0 saturated carbocycles. The van der Waals surface area contributed by atoms with Crippen LogP contribution in [0, 0.1) is 27.7 Å². The molecule has 1 N–H and O–H groups in total. The van der Waals surface area contributed by atoms with Crippen molar-refractivity contribution in [2.75, 3.05) is 6.61 Å². The second-order valence-corrected chi connectivity index (χ2v) is 11.1. The standard InChI is InChI=1S/C32H34N2O4/c1-17-8-9-22(16-18(17)2)28-19(3)25(26(20(4)34-28)30(31(35)36)38-32(5,6)7)23-10-11-24-27-21(13-15-37-24)12-14-33-29(23)27/h8-12,14,16,30H,13,15H2,1-7H3,(H,35,36)/t30-/m0/s1. The fourth-order valence-corrected chi connectivity index (χ4v) is 5.34. The van der Waals surface area contributed by atoms with E-state index in [0.717, 1.165) is 51.0 Å². The predicted octanol–water partition coefficient (Wildman–Crippen LogP) is 7.07. The summed E-state index contributed by atoms with van der Waals surface area (Å²) in [6.45, 7) is 14.3. The lowest BCUT2D eigenvalue weighted by Crippen LogP contribution is -2.28. The van der Waals surface area contributed by atoms with Gasteiger partial charge in [-0.2, -0.15) is 0 Å². The highest BCUT2D eigenvalue weighted by molar-refractivity contribution is 6.02. The molecule has 1 atom stereocenters. The van der Waals surface area contributed by atoms with Gasteiger partial charge in [0.2, 0.25) is 0 Å². The minimum absolute atomic E-state index is 0.553. The number of rotatable bonds is 5. The molecule has 2 aromatic carbocycles. The Morgan fingerprint density at radius 3 is 2.50 bits per heavy atom. The Balaban J connectivity index is 1.88. The van der Waals surface area contributed by atoms with Crippen molar-refractivity contribution in [3.63, 3.8) is 0 Å². The van der Waals surface area contributed by atoms with Crippen molar-refractivity contribution in [1.82, 2.24) is 9.97 Å². The summed E-state index contributed by atoms with van der Waals surface area (Å²) in [6, 6.07) is 12.3. The summed E-state index contributed by atoms with van der Waals surface area (Å²) in [5.74, 6) is -0.249. The fraction of sp³-hybridized carbons (Fsp3) is 0.344. The van der Waals surface area contributed by atoms with E-state index in [9.17, 15) is 9.90 Å². The number of hydrogen-bond acceptors (Lipinski definition) is 5. The van der Waals surface area contributed by atoms with E-state index in [4.69, 9.17) is 19.4 Å². The largest absolute Gasteiger partial charge is 0.493 e. The average molecular weight is 511 g/mol. The monoisotopic (exact) mass is 510 g/mol. The van der Waals surface area contributed by atoms with Crippen LogP contribution in [0.4, 0.5) is 0 Å². The van der Waals surface area contributed by atoms with Crippen LogP contribution in [0.1, 0.15) is 60.4 Å². The number of pyridine rings is 2. The smallest absolute Gasteiger partial charge is 0.337 e. The molecule has 0 spiro atoms. The van der Waals surface area contributed by atoms with Crippen LogP contribution in [0.25, 0.3) is 33.3 Å². The number of carbonyl (C=O) groups is 1. The van der Waals surface area contributed by atoms with E-state index in [1.807, 2.05) is 59.0 Å². The van der Waals surface area contributed by atoms with E-state index < -0.39 is 17.7 Å². The number of nitrogens with zero attached hydrogens (tertiary/aromatic N) is 2. The maximum absolute atomic E-state index is 12.7. The molecule has 0 aliphatic carbocycles. The molecule has 38 heavy (non-hydrogen) atoms. The lowest BCUT2D eigenvalue weighted by molar-refractivity contribution is -0.160. The molecule has 1 aliphatic heterocycles. The van der Waals surface area contributed by atoms with Gasteiger partial charge in [-0.3, -0.25) is 9.97 Å². The van der Waals surface area contributed by atoms with Gasteiger partial charge in [-0.15, -0.1) is 0 Å². The Morgan fingerprint density at radius 2 is 1.82 bits per heavy atom. The molecular weight excluding hydrogens is 476 g/mol. The highest BCUT2D eigenvalue weighted by atomic mass is 16.5. The predicted molar refractivity (Wildman–Crippen MR) is 150 cm³/mol. The van der Waals surface area contributed by atoms with Crippen LogP contribution in [-0.2, 0) is 16.0 Å². The normalized spacial score (nSPS) is 13.9. The van der Waals surface area contributed by atoms with E-state index >= 15 is 0 Å². The van der Waals surface area contributed by atoms with Gasteiger partial charge in [-0.1, -0.05) is 12.1 Å². The summed E-state index contributed by atoms with van der Waals surface area (Å²) in [5, 5.41) is 11.4. The Kier molecular flexibility index (Phi) is 6.48. The number of ether oxygens (including phenoxy) is 2. The topological polar surface area (TPSA) is 81.5 Å². The van der Waals surface area contributed by atoms with Gasteiger partial charge in [0.1, 0.15) is 5.75 Å². The summed E-state index contributed by atoms with van der Waals surface area (Å²) in [7, 11) is 0. The molecule has 196 valence electrons. The molecule has 6 heteroatoms. The number of hydrogen-bond donors (Lipinski definition) is 1. The van der Waals surface area contributed by atoms with Crippen LogP contribution in [0.2, 0.25) is 0 Å². The average Bonchev–Trinajstić information content (AvgIpc) is 2.86. The summed E-state index contributed by atoms with van der Waals surface area (Å²) in [5.41, 5.74) is 9.18. The van der Waals surface area contributed by atoms with Gasteiger partial charge in [0, 0.05) is 40.4 Å². The Morgan fingerprint density at radius 1 is 1.05 bits per heavy atom.